The third-order valence-corrected chi connectivity index (χ3v) is 11.4. The molecule has 0 heterocycles. The normalized spacial score (nSPS) is 12.3. The zero-order valence-electron chi connectivity index (χ0n) is 41.4. The number of unbranched alkanes of at least 4 members (excludes halogenated alkanes) is 14. The van der Waals surface area contributed by atoms with Gasteiger partial charge in [0.1, 0.15) is 17.1 Å². The average Bonchev–Trinajstić information content (AvgIpc) is 3.36. The van der Waals surface area contributed by atoms with E-state index in [9.17, 15) is 9.90 Å². The number of hydrogen-bond acceptors (Lipinski definition) is 13. The van der Waals surface area contributed by atoms with Gasteiger partial charge >= 0.3 is 0 Å². The standard InChI is InChI=1S/C51H78O11.C3H10N2/c1-4-5-6-7-8-9-10-11-12-13-14-15-16-17-21-24-48(53)49(54)50(61-42-41-60-40-39-59-38-37-58-36-35-57-34-33-52)62-51(43-22-19-18-20-23-43,44-25-29-46(55-2)30-26-44)45-27-31-47(56-3)32-28-45;4-2-1-3-5/h18-20,22-23,25-32,49-50,52,54H,4-17,21,24,33-42H2,1-3H3;1-5H2. The van der Waals surface area contributed by atoms with Crippen LogP contribution in [0.15, 0.2) is 78.9 Å². The molecule has 0 aliphatic rings. The lowest BCUT2D eigenvalue weighted by Gasteiger charge is -2.39. The molecule has 3 aromatic carbocycles. The molecule has 0 amide bonds. The van der Waals surface area contributed by atoms with Crippen LogP contribution in [0.4, 0.5) is 0 Å². The van der Waals surface area contributed by atoms with Crippen molar-refractivity contribution in [2.24, 2.45) is 11.5 Å². The van der Waals surface area contributed by atoms with Gasteiger partial charge in [0, 0.05) is 6.42 Å². The Morgan fingerprint density at radius 3 is 1.30 bits per heavy atom. The Morgan fingerprint density at radius 2 is 0.910 bits per heavy atom. The fraction of sp³-hybridized carbons (Fsp3) is 0.648. The third kappa shape index (κ3) is 25.6. The Labute approximate surface area is 403 Å². The van der Waals surface area contributed by atoms with Crippen LogP contribution in [0, 0.1) is 0 Å². The summed E-state index contributed by atoms with van der Waals surface area (Å²) in [6.45, 7) is 6.57. The number of rotatable bonds is 42. The van der Waals surface area contributed by atoms with Crippen molar-refractivity contribution in [3.63, 3.8) is 0 Å². The van der Waals surface area contributed by atoms with E-state index in [0.717, 1.165) is 55.5 Å². The van der Waals surface area contributed by atoms with Gasteiger partial charge in [-0.1, -0.05) is 151 Å². The van der Waals surface area contributed by atoms with Crippen molar-refractivity contribution in [3.05, 3.63) is 95.6 Å². The predicted octanol–water partition coefficient (Wildman–Crippen LogP) is 8.90. The van der Waals surface area contributed by atoms with Crippen LogP contribution in [0.3, 0.4) is 0 Å². The van der Waals surface area contributed by atoms with Gasteiger partial charge in [-0.05, 0) is 66.9 Å². The highest BCUT2D eigenvalue weighted by Crippen LogP contribution is 2.43. The molecule has 6 N–H and O–H groups in total. The number of methoxy groups -OCH3 is 2. The van der Waals surface area contributed by atoms with Crippen LogP contribution in [0.2, 0.25) is 0 Å². The highest BCUT2D eigenvalue weighted by atomic mass is 16.7. The van der Waals surface area contributed by atoms with Crippen LogP contribution in [0.1, 0.15) is 133 Å². The van der Waals surface area contributed by atoms with Gasteiger partial charge in [0.25, 0.3) is 0 Å². The van der Waals surface area contributed by atoms with Gasteiger partial charge < -0.3 is 59.6 Å². The molecule has 0 saturated carbocycles. The summed E-state index contributed by atoms with van der Waals surface area (Å²) in [5.41, 5.74) is 11.1. The lowest BCUT2D eigenvalue weighted by Crippen LogP contribution is -2.46. The molecular weight excluding hydrogens is 853 g/mol. The number of Topliss-reactive ketones (excluding diaryl/α,β-unsaturated/α-hetero) is 1. The highest BCUT2D eigenvalue weighted by Gasteiger charge is 2.43. The van der Waals surface area contributed by atoms with Gasteiger partial charge in [0.15, 0.2) is 18.2 Å². The molecule has 0 aliphatic heterocycles. The molecule has 13 nitrogen and oxygen atoms in total. The lowest BCUT2D eigenvalue weighted by atomic mass is 9.80. The first-order valence-corrected chi connectivity index (χ1v) is 25.1. The molecule has 0 aromatic heterocycles. The molecule has 3 aromatic rings. The molecule has 0 fully saturated rings. The molecule has 0 saturated heterocycles. The molecule has 0 aliphatic carbocycles. The van der Waals surface area contributed by atoms with E-state index in [2.05, 4.69) is 6.92 Å². The van der Waals surface area contributed by atoms with Crippen LogP contribution >= 0.6 is 0 Å². The third-order valence-electron chi connectivity index (χ3n) is 11.4. The number of hydrogen-bond donors (Lipinski definition) is 4. The lowest BCUT2D eigenvalue weighted by molar-refractivity contribution is -0.232. The Morgan fingerprint density at radius 1 is 0.522 bits per heavy atom. The van der Waals surface area contributed by atoms with Gasteiger partial charge in [0.05, 0.1) is 80.3 Å². The van der Waals surface area contributed by atoms with Gasteiger partial charge in [0.2, 0.25) is 0 Å². The second-order valence-corrected chi connectivity index (χ2v) is 16.6. The molecule has 3 rings (SSSR count). The van der Waals surface area contributed by atoms with Crippen LogP contribution in [0.5, 0.6) is 11.5 Å². The molecule has 13 heteroatoms. The van der Waals surface area contributed by atoms with Crippen molar-refractivity contribution in [1.29, 1.82) is 0 Å². The topological polar surface area (TPSA) is 183 Å². The van der Waals surface area contributed by atoms with Crippen molar-refractivity contribution in [3.8, 4) is 11.5 Å². The maximum Gasteiger partial charge on any atom is 0.192 e. The number of nitrogens with two attached hydrogens (primary N) is 2. The largest absolute Gasteiger partial charge is 0.497 e. The van der Waals surface area contributed by atoms with Gasteiger partial charge in [-0.25, -0.2) is 0 Å². The molecule has 380 valence electrons. The number of ether oxygens (including phenoxy) is 8. The Kier molecular flexibility index (Phi) is 36.0. The van der Waals surface area contributed by atoms with E-state index in [1.807, 2.05) is 78.9 Å². The number of carbonyl (C=O) groups is 1. The number of benzene rings is 3. The summed E-state index contributed by atoms with van der Waals surface area (Å²) < 4.78 is 46.4. The minimum absolute atomic E-state index is 0.0119. The predicted molar refractivity (Wildman–Crippen MR) is 267 cm³/mol. The average molecular weight is 941 g/mol. The first-order chi connectivity index (χ1) is 32.9. The zero-order valence-corrected chi connectivity index (χ0v) is 41.4. The fourth-order valence-corrected chi connectivity index (χ4v) is 7.53. The van der Waals surface area contributed by atoms with Crippen molar-refractivity contribution < 1.29 is 52.9 Å². The van der Waals surface area contributed by atoms with E-state index in [0.29, 0.717) is 64.2 Å². The monoisotopic (exact) mass is 941 g/mol. The maximum absolute atomic E-state index is 13.8. The Balaban J connectivity index is 0.00000292. The smallest absolute Gasteiger partial charge is 0.192 e. The first-order valence-electron chi connectivity index (χ1n) is 25.1. The van der Waals surface area contributed by atoms with Gasteiger partial charge in [-0.15, -0.1) is 0 Å². The number of ketones is 1. The molecule has 2 unspecified atom stereocenters. The number of aliphatic hydroxyl groups excluding tert-OH is 2. The van der Waals surface area contributed by atoms with Crippen LogP contribution in [0.25, 0.3) is 0 Å². The summed E-state index contributed by atoms with van der Waals surface area (Å²) in [7, 11) is 3.24. The van der Waals surface area contributed by atoms with E-state index in [1.54, 1.807) is 14.2 Å². The summed E-state index contributed by atoms with van der Waals surface area (Å²) in [5.74, 6) is 1.02. The van der Waals surface area contributed by atoms with E-state index in [1.165, 1.54) is 70.6 Å². The van der Waals surface area contributed by atoms with Crippen LogP contribution in [-0.4, -0.2) is 122 Å². The number of aliphatic hydroxyl groups is 2. The molecular formula is C54H88N2O11. The fourth-order valence-electron chi connectivity index (χ4n) is 7.53. The Hall–Kier alpha value is -3.47. The quantitative estimate of drug-likeness (QED) is 0.0240. The van der Waals surface area contributed by atoms with Gasteiger partial charge in [-0.3, -0.25) is 4.79 Å². The van der Waals surface area contributed by atoms with Crippen molar-refractivity contribution >= 4 is 5.78 Å². The van der Waals surface area contributed by atoms with Crippen LogP contribution < -0.4 is 20.9 Å². The SMILES string of the molecule is CCCCCCCCCCCCCCCCCC(=O)C(O)C(OCCOCCOCCOCCOCCO)OC(c1ccccc1)(c1ccc(OC)cc1)c1ccc(OC)cc1.NCCCN. The van der Waals surface area contributed by atoms with E-state index >= 15 is 0 Å². The van der Waals surface area contributed by atoms with E-state index in [4.69, 9.17) is 54.5 Å². The molecule has 2 atom stereocenters. The first kappa shape index (κ1) is 59.7. The molecule has 0 radical (unpaired) electrons. The van der Waals surface area contributed by atoms with Gasteiger partial charge in [-0.2, -0.15) is 0 Å². The molecule has 0 bridgehead atoms. The summed E-state index contributed by atoms with van der Waals surface area (Å²) in [6, 6.07) is 24.9. The minimum atomic E-state index is -1.56. The molecule has 0 spiro atoms. The summed E-state index contributed by atoms with van der Waals surface area (Å²) >= 11 is 0. The second kappa shape index (κ2) is 40.4. The van der Waals surface area contributed by atoms with Crippen molar-refractivity contribution in [2.75, 3.05) is 93.4 Å². The second-order valence-electron chi connectivity index (χ2n) is 16.6. The summed E-state index contributed by atoms with van der Waals surface area (Å²) in [4.78, 5) is 13.8. The number of carbonyl (C=O) groups excluding carboxylic acids is 1. The van der Waals surface area contributed by atoms with Crippen LogP contribution in [-0.2, 0) is 38.8 Å². The summed E-state index contributed by atoms with van der Waals surface area (Å²) in [5, 5.41) is 20.6. The highest BCUT2D eigenvalue weighted by molar-refractivity contribution is 5.83. The Bertz CT molecular complexity index is 1520. The zero-order chi connectivity index (χ0) is 48.5. The van der Waals surface area contributed by atoms with Crippen molar-refractivity contribution in [2.45, 2.75) is 134 Å². The van der Waals surface area contributed by atoms with E-state index in [-0.39, 0.29) is 32.0 Å². The maximum atomic E-state index is 13.8. The van der Waals surface area contributed by atoms with E-state index < -0.39 is 18.0 Å². The minimum Gasteiger partial charge on any atom is -0.497 e. The molecule has 67 heavy (non-hydrogen) atoms. The van der Waals surface area contributed by atoms with Crippen molar-refractivity contribution in [1.82, 2.24) is 0 Å². The summed E-state index contributed by atoms with van der Waals surface area (Å²) in [6.07, 6.45) is 16.7.